The van der Waals surface area contributed by atoms with Crippen LogP contribution in [0.5, 0.6) is 5.75 Å². The van der Waals surface area contributed by atoms with Gasteiger partial charge in [-0.25, -0.2) is 0 Å². The second-order valence-electron chi connectivity index (χ2n) is 5.21. The van der Waals surface area contributed by atoms with Gasteiger partial charge in [0.15, 0.2) is 11.5 Å². The van der Waals surface area contributed by atoms with Gasteiger partial charge in [0, 0.05) is 0 Å². The molecule has 3 rings (SSSR count). The van der Waals surface area contributed by atoms with Gasteiger partial charge < -0.3 is 4.74 Å². The fourth-order valence-electron chi connectivity index (χ4n) is 2.48. The summed E-state index contributed by atoms with van der Waals surface area (Å²) in [5, 5.41) is 0. The van der Waals surface area contributed by atoms with E-state index in [2.05, 4.69) is 4.74 Å². The molecule has 0 aliphatic carbocycles. The summed E-state index contributed by atoms with van der Waals surface area (Å²) < 4.78 is 32.4. The molecule has 6 heteroatoms. The molecule has 4 nitrogen and oxygen atoms in total. The highest BCUT2D eigenvalue weighted by Crippen LogP contribution is 2.42. The molecular formula is C17H13F2NO3. The van der Waals surface area contributed by atoms with Gasteiger partial charge >= 0.3 is 12.0 Å². The number of halogens is 2. The maximum absolute atomic E-state index is 13.9. The van der Waals surface area contributed by atoms with Crippen molar-refractivity contribution in [1.82, 2.24) is 0 Å². The van der Waals surface area contributed by atoms with Gasteiger partial charge in [0.2, 0.25) is 0 Å². The predicted molar refractivity (Wildman–Crippen MR) is 79.7 cm³/mol. The lowest BCUT2D eigenvalue weighted by atomic mass is 10.1. The summed E-state index contributed by atoms with van der Waals surface area (Å²) in [6.45, 7) is 1.22. The fraction of sp³-hybridized carbons (Fsp3) is 0.176. The number of ketones is 1. The van der Waals surface area contributed by atoms with E-state index in [0.29, 0.717) is 5.56 Å². The predicted octanol–water partition coefficient (Wildman–Crippen LogP) is 3.41. The largest absolute Gasteiger partial charge is 0.483 e. The van der Waals surface area contributed by atoms with E-state index in [9.17, 15) is 18.4 Å². The second kappa shape index (κ2) is 5.46. The minimum Gasteiger partial charge on any atom is -0.422 e. The van der Waals surface area contributed by atoms with Crippen LogP contribution in [0, 0.1) is 0 Å². The summed E-state index contributed by atoms with van der Waals surface area (Å²) in [5.74, 6) is -2.12. The summed E-state index contributed by atoms with van der Waals surface area (Å²) in [6.07, 6.45) is -4.01. The Labute approximate surface area is 131 Å². The van der Waals surface area contributed by atoms with E-state index in [4.69, 9.17) is 0 Å². The number of rotatable bonds is 3. The van der Waals surface area contributed by atoms with Gasteiger partial charge in [-0.15, -0.1) is 0 Å². The van der Waals surface area contributed by atoms with Crippen molar-refractivity contribution in [3.8, 4) is 5.75 Å². The van der Waals surface area contributed by atoms with E-state index < -0.39 is 17.8 Å². The van der Waals surface area contributed by atoms with Crippen molar-refractivity contribution >= 4 is 17.4 Å². The van der Waals surface area contributed by atoms with Gasteiger partial charge in [-0.05, 0) is 24.6 Å². The lowest BCUT2D eigenvalue weighted by Crippen LogP contribution is -2.50. The van der Waals surface area contributed by atoms with Crippen LogP contribution in [0.4, 0.5) is 14.5 Å². The molecule has 1 amide bonds. The van der Waals surface area contributed by atoms with Crippen molar-refractivity contribution in [2.75, 3.05) is 4.90 Å². The van der Waals surface area contributed by atoms with E-state index >= 15 is 0 Å². The number of nitrogens with zero attached hydrogens (tertiary/aromatic N) is 1. The second-order valence-corrected chi connectivity index (χ2v) is 5.21. The Morgan fingerprint density at radius 3 is 2.48 bits per heavy atom. The highest BCUT2D eigenvalue weighted by molar-refractivity contribution is 6.05. The summed E-state index contributed by atoms with van der Waals surface area (Å²) in [5.41, 5.74) is 0.878. The number of alkyl halides is 2. The number of fused-ring (bicyclic) bond motifs is 1. The lowest BCUT2D eigenvalue weighted by molar-refractivity contribution is -0.193. The van der Waals surface area contributed by atoms with Crippen LogP contribution in [-0.2, 0) is 11.3 Å². The molecule has 1 aliphatic rings. The lowest BCUT2D eigenvalue weighted by Gasteiger charge is -2.34. The maximum Gasteiger partial charge on any atom is 0.483 e. The molecule has 0 saturated carbocycles. The maximum atomic E-state index is 13.9. The van der Waals surface area contributed by atoms with Gasteiger partial charge in [-0.3, -0.25) is 14.5 Å². The first kappa shape index (κ1) is 15.1. The van der Waals surface area contributed by atoms with Gasteiger partial charge in [0.25, 0.3) is 0 Å². The Balaban J connectivity index is 2.11. The smallest absolute Gasteiger partial charge is 0.422 e. The zero-order valence-corrected chi connectivity index (χ0v) is 12.3. The normalized spacial score (nSPS) is 15.8. The molecular weight excluding hydrogens is 304 g/mol. The molecule has 23 heavy (non-hydrogen) atoms. The average Bonchev–Trinajstić information content (AvgIpc) is 2.52. The van der Waals surface area contributed by atoms with Gasteiger partial charge in [-0.1, -0.05) is 36.4 Å². The third kappa shape index (κ3) is 2.67. The summed E-state index contributed by atoms with van der Waals surface area (Å²) >= 11 is 0. The molecule has 0 unspecified atom stereocenters. The Bertz CT molecular complexity index is 775. The third-order valence-electron chi connectivity index (χ3n) is 3.57. The number of hydrogen-bond acceptors (Lipinski definition) is 3. The molecule has 1 aliphatic heterocycles. The van der Waals surface area contributed by atoms with Crippen LogP contribution in [0.25, 0.3) is 0 Å². The number of amides is 1. The number of anilines is 1. The fourth-order valence-corrected chi connectivity index (χ4v) is 2.48. The highest BCUT2D eigenvalue weighted by atomic mass is 19.3. The SMILES string of the molecule is CC(=O)c1cccc2c1OC(F)(F)C(=O)N2Cc1ccccc1. The Kier molecular flexibility index (Phi) is 3.60. The van der Waals surface area contributed by atoms with Crippen LogP contribution in [-0.4, -0.2) is 17.8 Å². The number of carbonyl (C=O) groups excluding carboxylic acids is 2. The molecule has 118 valence electrons. The van der Waals surface area contributed by atoms with Crippen LogP contribution in [0.1, 0.15) is 22.8 Å². The van der Waals surface area contributed by atoms with Crippen LogP contribution in [0.2, 0.25) is 0 Å². The van der Waals surface area contributed by atoms with Crippen molar-refractivity contribution < 1.29 is 23.1 Å². The zero-order chi connectivity index (χ0) is 16.6. The third-order valence-corrected chi connectivity index (χ3v) is 3.57. The first-order chi connectivity index (χ1) is 10.9. The standard InChI is InChI=1S/C17H13F2NO3/c1-11(21)13-8-5-9-14-15(13)23-17(18,19)16(22)20(14)10-12-6-3-2-4-7-12/h2-9H,10H2,1H3. The van der Waals surface area contributed by atoms with Crippen molar-refractivity contribution in [2.45, 2.75) is 19.6 Å². The van der Waals surface area contributed by atoms with Crippen molar-refractivity contribution in [3.63, 3.8) is 0 Å². The Morgan fingerprint density at radius 1 is 1.13 bits per heavy atom. The van der Waals surface area contributed by atoms with Gasteiger partial charge in [-0.2, -0.15) is 8.78 Å². The number of carbonyl (C=O) groups is 2. The van der Waals surface area contributed by atoms with Crippen LogP contribution >= 0.6 is 0 Å². The molecule has 0 saturated heterocycles. The first-order valence-corrected chi connectivity index (χ1v) is 6.97. The van der Waals surface area contributed by atoms with Crippen LogP contribution in [0.3, 0.4) is 0 Å². The average molecular weight is 317 g/mol. The zero-order valence-electron chi connectivity index (χ0n) is 12.3. The van der Waals surface area contributed by atoms with E-state index in [1.54, 1.807) is 30.3 Å². The number of Topliss-reactive ketones (excluding diaryl/α,β-unsaturated/α-hetero) is 1. The van der Waals surface area contributed by atoms with Crippen LogP contribution < -0.4 is 9.64 Å². The Hall–Kier alpha value is -2.76. The molecule has 0 bridgehead atoms. The molecule has 0 spiro atoms. The molecule has 0 fully saturated rings. The molecule has 2 aromatic carbocycles. The minimum atomic E-state index is -4.01. The molecule has 2 aromatic rings. The van der Waals surface area contributed by atoms with E-state index in [1.807, 2.05) is 0 Å². The molecule has 0 aromatic heterocycles. The molecule has 0 radical (unpaired) electrons. The topological polar surface area (TPSA) is 46.6 Å². The number of hydrogen-bond donors (Lipinski definition) is 0. The van der Waals surface area contributed by atoms with E-state index in [0.717, 1.165) is 4.90 Å². The van der Waals surface area contributed by atoms with Crippen molar-refractivity contribution in [3.05, 3.63) is 59.7 Å². The van der Waals surface area contributed by atoms with Crippen LogP contribution in [0.15, 0.2) is 48.5 Å². The molecule has 0 atom stereocenters. The highest BCUT2D eigenvalue weighted by Gasteiger charge is 2.51. The minimum absolute atomic E-state index is 0.0211. The summed E-state index contributed by atoms with van der Waals surface area (Å²) in [7, 11) is 0. The van der Waals surface area contributed by atoms with Crippen molar-refractivity contribution in [2.24, 2.45) is 0 Å². The van der Waals surface area contributed by atoms with Gasteiger partial charge in [0.1, 0.15) is 0 Å². The number of benzene rings is 2. The number of ether oxygens (including phenoxy) is 1. The van der Waals surface area contributed by atoms with Gasteiger partial charge in [0.05, 0.1) is 17.8 Å². The first-order valence-electron chi connectivity index (χ1n) is 6.97. The Morgan fingerprint density at radius 2 is 1.83 bits per heavy atom. The monoisotopic (exact) mass is 317 g/mol. The number of para-hydroxylation sites is 1. The summed E-state index contributed by atoms with van der Waals surface area (Å²) in [4.78, 5) is 24.7. The molecule has 0 N–H and O–H groups in total. The molecule has 1 heterocycles. The van der Waals surface area contributed by atoms with Crippen molar-refractivity contribution in [1.29, 1.82) is 0 Å². The van der Waals surface area contributed by atoms with E-state index in [-0.39, 0.29) is 23.5 Å². The van der Waals surface area contributed by atoms with E-state index in [1.165, 1.54) is 25.1 Å². The quantitative estimate of drug-likeness (QED) is 0.815. The summed E-state index contributed by atoms with van der Waals surface area (Å²) in [6, 6.07) is 13.2.